The largest absolute Gasteiger partial charge is 0.351 e. The minimum Gasteiger partial charge on any atom is -0.351 e. The molecule has 0 saturated carbocycles. The maximum absolute atomic E-state index is 11.8. The van der Waals surface area contributed by atoms with Gasteiger partial charge in [0.1, 0.15) is 0 Å². The summed E-state index contributed by atoms with van der Waals surface area (Å²) in [7, 11) is 0. The summed E-state index contributed by atoms with van der Waals surface area (Å²) in [6.07, 6.45) is 6.04. The van der Waals surface area contributed by atoms with Crippen LogP contribution < -0.4 is 11.1 Å². The molecule has 1 rings (SSSR count). The summed E-state index contributed by atoms with van der Waals surface area (Å²) in [5, 5.41) is 2.91. The molecule has 0 aliphatic carbocycles. The first-order chi connectivity index (χ1) is 7.99. The fourth-order valence-electron chi connectivity index (χ4n) is 1.72. The van der Waals surface area contributed by atoms with Gasteiger partial charge in [-0.2, -0.15) is 0 Å². The second-order valence-corrected chi connectivity index (χ2v) is 4.91. The number of rotatable bonds is 6. The first kappa shape index (κ1) is 13.7. The second kappa shape index (κ2) is 6.39. The molecular formula is C12H22N4O. The summed E-state index contributed by atoms with van der Waals surface area (Å²) in [6, 6.07) is -0.366. The molecule has 1 amide bonds. The maximum atomic E-state index is 11.8. The summed E-state index contributed by atoms with van der Waals surface area (Å²) in [5.74, 6) is 0.353. The zero-order chi connectivity index (χ0) is 12.8. The smallest absolute Gasteiger partial charge is 0.237 e. The Balaban J connectivity index is 2.35. The molecule has 0 spiro atoms. The SMILES string of the molecule is CC(C)C[C@@H](N)C(=O)NC(C)Cn1ccnc1. The Morgan fingerprint density at radius 3 is 2.71 bits per heavy atom. The molecule has 0 aromatic carbocycles. The van der Waals surface area contributed by atoms with Crippen molar-refractivity contribution >= 4 is 5.91 Å². The van der Waals surface area contributed by atoms with E-state index in [1.807, 2.05) is 17.7 Å². The van der Waals surface area contributed by atoms with Crippen LogP contribution >= 0.6 is 0 Å². The molecule has 17 heavy (non-hydrogen) atoms. The lowest BCUT2D eigenvalue weighted by Crippen LogP contribution is -2.46. The predicted molar refractivity (Wildman–Crippen MR) is 67.3 cm³/mol. The van der Waals surface area contributed by atoms with Crippen LogP contribution in [0.3, 0.4) is 0 Å². The van der Waals surface area contributed by atoms with Gasteiger partial charge in [-0.3, -0.25) is 4.79 Å². The lowest BCUT2D eigenvalue weighted by Gasteiger charge is -2.18. The van der Waals surface area contributed by atoms with Crippen molar-refractivity contribution in [1.82, 2.24) is 14.9 Å². The van der Waals surface area contributed by atoms with E-state index in [0.717, 1.165) is 0 Å². The van der Waals surface area contributed by atoms with E-state index in [1.54, 1.807) is 12.5 Å². The topological polar surface area (TPSA) is 72.9 Å². The van der Waals surface area contributed by atoms with E-state index in [4.69, 9.17) is 5.73 Å². The first-order valence-electron chi connectivity index (χ1n) is 6.00. The second-order valence-electron chi connectivity index (χ2n) is 4.91. The van der Waals surface area contributed by atoms with Crippen molar-refractivity contribution in [2.24, 2.45) is 11.7 Å². The third-order valence-electron chi connectivity index (χ3n) is 2.49. The van der Waals surface area contributed by atoms with Crippen molar-refractivity contribution in [3.63, 3.8) is 0 Å². The molecular weight excluding hydrogens is 216 g/mol. The molecule has 1 unspecified atom stereocenters. The van der Waals surface area contributed by atoms with Crippen LogP contribution in [0.2, 0.25) is 0 Å². The van der Waals surface area contributed by atoms with Gasteiger partial charge >= 0.3 is 0 Å². The molecule has 2 atom stereocenters. The number of hydrogen-bond donors (Lipinski definition) is 2. The molecule has 1 heterocycles. The molecule has 1 aromatic rings. The van der Waals surface area contributed by atoms with Crippen LogP contribution in [0.25, 0.3) is 0 Å². The fraction of sp³-hybridized carbons (Fsp3) is 0.667. The molecule has 5 heteroatoms. The van der Waals surface area contributed by atoms with E-state index >= 15 is 0 Å². The Bertz CT molecular complexity index is 334. The van der Waals surface area contributed by atoms with E-state index in [9.17, 15) is 4.79 Å². The number of nitrogens with zero attached hydrogens (tertiary/aromatic N) is 2. The van der Waals surface area contributed by atoms with Crippen LogP contribution in [0.5, 0.6) is 0 Å². The molecule has 0 radical (unpaired) electrons. The van der Waals surface area contributed by atoms with Crippen LogP contribution in [0.15, 0.2) is 18.7 Å². The Kier molecular flexibility index (Phi) is 5.15. The summed E-state index contributed by atoms with van der Waals surface area (Å²) in [4.78, 5) is 15.7. The molecule has 96 valence electrons. The highest BCUT2D eigenvalue weighted by atomic mass is 16.2. The zero-order valence-corrected chi connectivity index (χ0v) is 10.8. The standard InChI is InChI=1S/C12H22N4O/c1-9(2)6-11(13)12(17)15-10(3)7-16-5-4-14-8-16/h4-5,8-11H,6-7,13H2,1-3H3,(H,15,17)/t10?,11-/m1/s1. The molecule has 0 aliphatic heterocycles. The van der Waals surface area contributed by atoms with Crippen molar-refractivity contribution < 1.29 is 4.79 Å². The van der Waals surface area contributed by atoms with E-state index in [-0.39, 0.29) is 11.9 Å². The molecule has 0 bridgehead atoms. The Labute approximate surface area is 102 Å². The predicted octanol–water partition coefficient (Wildman–Crippen LogP) is 0.761. The third-order valence-corrected chi connectivity index (χ3v) is 2.49. The average Bonchev–Trinajstić information content (AvgIpc) is 2.68. The quantitative estimate of drug-likeness (QED) is 0.768. The minimum atomic E-state index is -0.416. The van der Waals surface area contributed by atoms with Crippen LogP contribution in [-0.4, -0.2) is 27.5 Å². The maximum Gasteiger partial charge on any atom is 0.237 e. The van der Waals surface area contributed by atoms with Crippen LogP contribution in [-0.2, 0) is 11.3 Å². The highest BCUT2D eigenvalue weighted by Gasteiger charge is 2.16. The van der Waals surface area contributed by atoms with Gasteiger partial charge in [-0.15, -0.1) is 0 Å². The number of carbonyl (C=O) groups is 1. The normalized spacial score (nSPS) is 14.6. The number of imidazole rings is 1. The monoisotopic (exact) mass is 238 g/mol. The van der Waals surface area contributed by atoms with E-state index in [0.29, 0.717) is 18.9 Å². The van der Waals surface area contributed by atoms with Gasteiger partial charge in [-0.25, -0.2) is 4.98 Å². The summed E-state index contributed by atoms with van der Waals surface area (Å²) < 4.78 is 1.93. The highest BCUT2D eigenvalue weighted by Crippen LogP contribution is 2.03. The number of hydrogen-bond acceptors (Lipinski definition) is 3. The number of amides is 1. The van der Waals surface area contributed by atoms with Gasteiger partial charge < -0.3 is 15.6 Å². The first-order valence-corrected chi connectivity index (χ1v) is 6.00. The Morgan fingerprint density at radius 1 is 1.47 bits per heavy atom. The van der Waals surface area contributed by atoms with Gasteiger partial charge in [0.05, 0.1) is 12.4 Å². The van der Waals surface area contributed by atoms with Gasteiger partial charge in [0.25, 0.3) is 0 Å². The van der Waals surface area contributed by atoms with E-state index in [2.05, 4.69) is 24.1 Å². The minimum absolute atomic E-state index is 0.0508. The van der Waals surface area contributed by atoms with Crippen molar-refractivity contribution in [1.29, 1.82) is 0 Å². The van der Waals surface area contributed by atoms with Gasteiger partial charge in [0, 0.05) is 25.0 Å². The lowest BCUT2D eigenvalue weighted by atomic mass is 10.0. The van der Waals surface area contributed by atoms with Crippen molar-refractivity contribution in [3.8, 4) is 0 Å². The molecule has 5 nitrogen and oxygen atoms in total. The summed E-state index contributed by atoms with van der Waals surface area (Å²) in [6.45, 7) is 6.78. The van der Waals surface area contributed by atoms with E-state index in [1.165, 1.54) is 0 Å². The zero-order valence-electron chi connectivity index (χ0n) is 10.8. The number of nitrogens with two attached hydrogens (primary N) is 1. The van der Waals surface area contributed by atoms with Gasteiger partial charge in [0.15, 0.2) is 0 Å². The molecule has 0 saturated heterocycles. The lowest BCUT2D eigenvalue weighted by molar-refractivity contribution is -0.123. The Hall–Kier alpha value is -1.36. The van der Waals surface area contributed by atoms with Gasteiger partial charge in [-0.1, -0.05) is 13.8 Å². The third kappa shape index (κ3) is 4.99. The van der Waals surface area contributed by atoms with E-state index < -0.39 is 6.04 Å². The van der Waals surface area contributed by atoms with Crippen LogP contribution in [0.1, 0.15) is 27.2 Å². The average molecular weight is 238 g/mol. The number of carbonyl (C=O) groups excluding carboxylic acids is 1. The number of nitrogens with one attached hydrogen (secondary N) is 1. The molecule has 3 N–H and O–H groups in total. The van der Waals surface area contributed by atoms with Crippen molar-refractivity contribution in [2.45, 2.75) is 45.8 Å². The molecule has 0 fully saturated rings. The van der Waals surface area contributed by atoms with Crippen LogP contribution in [0.4, 0.5) is 0 Å². The summed E-state index contributed by atoms with van der Waals surface area (Å²) in [5.41, 5.74) is 5.81. The van der Waals surface area contributed by atoms with Gasteiger partial charge in [-0.05, 0) is 19.3 Å². The number of aromatic nitrogens is 2. The van der Waals surface area contributed by atoms with Gasteiger partial charge in [0.2, 0.25) is 5.91 Å². The van der Waals surface area contributed by atoms with Crippen molar-refractivity contribution in [3.05, 3.63) is 18.7 Å². The Morgan fingerprint density at radius 2 is 2.18 bits per heavy atom. The highest BCUT2D eigenvalue weighted by molar-refractivity contribution is 5.81. The molecule has 0 aliphatic rings. The fourth-order valence-corrected chi connectivity index (χ4v) is 1.72. The molecule has 1 aromatic heterocycles. The van der Waals surface area contributed by atoms with Crippen LogP contribution in [0, 0.1) is 5.92 Å². The van der Waals surface area contributed by atoms with Crippen molar-refractivity contribution in [2.75, 3.05) is 0 Å². The summed E-state index contributed by atoms with van der Waals surface area (Å²) >= 11 is 0.